The topological polar surface area (TPSA) is 66.5 Å². The molecule has 1 N–H and O–H groups in total. The van der Waals surface area contributed by atoms with Gasteiger partial charge in [-0.3, -0.25) is 9.10 Å². The summed E-state index contributed by atoms with van der Waals surface area (Å²) in [5, 5.41) is 2.84. The lowest BCUT2D eigenvalue weighted by Gasteiger charge is -2.18. The molecule has 2 aromatic carbocycles. The average molecular weight is 362 g/mol. The number of benzene rings is 2. The van der Waals surface area contributed by atoms with E-state index in [0.717, 1.165) is 5.56 Å². The molecule has 0 aromatic heterocycles. The van der Waals surface area contributed by atoms with Crippen LogP contribution >= 0.6 is 0 Å². The molecule has 2 aromatic rings. The summed E-state index contributed by atoms with van der Waals surface area (Å²) in [7, 11) is -3.29. The van der Waals surface area contributed by atoms with E-state index in [1.807, 2.05) is 0 Å². The summed E-state index contributed by atoms with van der Waals surface area (Å²) in [6.45, 7) is 2.24. The second-order valence-corrected chi connectivity index (χ2v) is 8.05. The third-order valence-electron chi connectivity index (χ3n) is 4.21. The van der Waals surface area contributed by atoms with E-state index >= 15 is 0 Å². The van der Waals surface area contributed by atoms with Crippen LogP contribution in [0.3, 0.4) is 0 Å². The summed E-state index contributed by atoms with van der Waals surface area (Å²) >= 11 is 0. The molecule has 1 saturated heterocycles. The van der Waals surface area contributed by atoms with E-state index in [9.17, 15) is 17.6 Å². The van der Waals surface area contributed by atoms with Gasteiger partial charge in [-0.2, -0.15) is 0 Å². The van der Waals surface area contributed by atoms with Gasteiger partial charge in [0.2, 0.25) is 10.0 Å². The van der Waals surface area contributed by atoms with Crippen molar-refractivity contribution in [3.8, 4) is 0 Å². The number of hydrogen-bond acceptors (Lipinski definition) is 3. The highest BCUT2D eigenvalue weighted by Crippen LogP contribution is 2.25. The van der Waals surface area contributed by atoms with Crippen LogP contribution in [0.1, 0.15) is 35.3 Å². The van der Waals surface area contributed by atoms with Gasteiger partial charge in [0.1, 0.15) is 5.82 Å². The summed E-state index contributed by atoms with van der Waals surface area (Å²) in [5.74, 6) is -0.512. The van der Waals surface area contributed by atoms with Gasteiger partial charge >= 0.3 is 0 Å². The molecule has 5 nitrogen and oxygen atoms in total. The quantitative estimate of drug-likeness (QED) is 0.909. The first-order valence-corrected chi connectivity index (χ1v) is 9.64. The van der Waals surface area contributed by atoms with E-state index < -0.39 is 10.0 Å². The Morgan fingerprint density at radius 2 is 1.92 bits per heavy atom. The van der Waals surface area contributed by atoms with Crippen LogP contribution in [0.25, 0.3) is 0 Å². The van der Waals surface area contributed by atoms with Crippen molar-refractivity contribution >= 4 is 21.6 Å². The van der Waals surface area contributed by atoms with Gasteiger partial charge in [-0.1, -0.05) is 18.2 Å². The molecule has 0 saturated carbocycles. The van der Waals surface area contributed by atoms with E-state index in [1.165, 1.54) is 16.4 Å². The number of anilines is 1. The molecular formula is C18H19FN2O3S. The summed E-state index contributed by atoms with van der Waals surface area (Å²) < 4.78 is 38.4. The van der Waals surface area contributed by atoms with Crippen LogP contribution in [-0.2, 0) is 10.0 Å². The molecule has 1 aliphatic rings. The van der Waals surface area contributed by atoms with Crippen molar-refractivity contribution in [3.63, 3.8) is 0 Å². The highest BCUT2D eigenvalue weighted by atomic mass is 32.2. The Hall–Kier alpha value is -2.41. The molecule has 0 unspecified atom stereocenters. The van der Waals surface area contributed by atoms with E-state index in [-0.39, 0.29) is 23.5 Å². The summed E-state index contributed by atoms with van der Waals surface area (Å²) in [6, 6.07) is 12.2. The molecule has 132 valence electrons. The molecule has 0 spiro atoms. The molecule has 1 heterocycles. The fourth-order valence-electron chi connectivity index (χ4n) is 2.85. The van der Waals surface area contributed by atoms with Gasteiger partial charge in [0, 0.05) is 12.1 Å². The first kappa shape index (κ1) is 17.4. The van der Waals surface area contributed by atoms with Gasteiger partial charge in [-0.25, -0.2) is 12.8 Å². The van der Waals surface area contributed by atoms with Crippen LogP contribution in [0.2, 0.25) is 0 Å². The Balaban J connectivity index is 1.76. The fraction of sp³-hybridized carbons (Fsp3) is 0.278. The lowest BCUT2D eigenvalue weighted by Crippen LogP contribution is -2.28. The fourth-order valence-corrected chi connectivity index (χ4v) is 4.40. The lowest BCUT2D eigenvalue weighted by molar-refractivity contribution is 0.0940. The Morgan fingerprint density at radius 3 is 2.56 bits per heavy atom. The van der Waals surface area contributed by atoms with E-state index in [2.05, 4.69) is 5.32 Å². The van der Waals surface area contributed by atoms with Gasteiger partial charge < -0.3 is 5.32 Å². The minimum Gasteiger partial charge on any atom is -0.346 e. The molecule has 0 bridgehead atoms. The largest absolute Gasteiger partial charge is 0.346 e. The highest BCUT2D eigenvalue weighted by molar-refractivity contribution is 7.93. The lowest BCUT2D eigenvalue weighted by atomic mass is 10.1. The van der Waals surface area contributed by atoms with Crippen molar-refractivity contribution in [2.75, 3.05) is 16.6 Å². The number of amides is 1. The van der Waals surface area contributed by atoms with Crippen LogP contribution in [0.15, 0.2) is 48.5 Å². The van der Waals surface area contributed by atoms with Crippen LogP contribution in [-0.4, -0.2) is 26.6 Å². The number of sulfonamides is 1. The van der Waals surface area contributed by atoms with Crippen LogP contribution in [0.5, 0.6) is 0 Å². The average Bonchev–Trinajstić information content (AvgIpc) is 2.94. The molecule has 1 aliphatic heterocycles. The normalized spacial score (nSPS) is 17.3. The standard InChI is InChI=1S/C18H19FN2O3S/c1-13(14-6-8-16(19)9-7-14)20-18(22)15-4-2-5-17(12-15)21-10-3-11-25(21,23)24/h2,4-9,12-13H,3,10-11H2,1H3,(H,20,22)/t13-/m1/s1. The van der Waals surface area contributed by atoms with E-state index in [0.29, 0.717) is 24.2 Å². The van der Waals surface area contributed by atoms with Gasteiger partial charge in [0.05, 0.1) is 17.5 Å². The number of carbonyl (C=O) groups excluding carboxylic acids is 1. The molecule has 0 aliphatic carbocycles. The van der Waals surface area contributed by atoms with Crippen molar-refractivity contribution in [2.45, 2.75) is 19.4 Å². The summed E-state index contributed by atoms with van der Waals surface area (Å²) in [5.41, 5.74) is 1.67. The van der Waals surface area contributed by atoms with Crippen LogP contribution < -0.4 is 9.62 Å². The molecular weight excluding hydrogens is 343 g/mol. The van der Waals surface area contributed by atoms with E-state index in [4.69, 9.17) is 0 Å². The molecule has 1 atom stereocenters. The Bertz CT molecular complexity index is 881. The Kier molecular flexibility index (Phi) is 4.76. The smallest absolute Gasteiger partial charge is 0.251 e. The zero-order valence-corrected chi connectivity index (χ0v) is 14.6. The number of nitrogens with one attached hydrogen (secondary N) is 1. The highest BCUT2D eigenvalue weighted by Gasteiger charge is 2.28. The number of nitrogens with zero attached hydrogens (tertiary/aromatic N) is 1. The summed E-state index contributed by atoms with van der Waals surface area (Å²) in [6.07, 6.45) is 0.584. The zero-order chi connectivity index (χ0) is 18.0. The van der Waals surface area contributed by atoms with Crippen molar-refractivity contribution in [3.05, 3.63) is 65.5 Å². The number of halogens is 1. The first-order valence-electron chi connectivity index (χ1n) is 8.03. The number of rotatable bonds is 4. The third kappa shape index (κ3) is 3.82. The third-order valence-corrected chi connectivity index (χ3v) is 6.08. The van der Waals surface area contributed by atoms with Gasteiger partial charge in [-0.15, -0.1) is 0 Å². The minimum atomic E-state index is -3.29. The monoisotopic (exact) mass is 362 g/mol. The number of hydrogen-bond donors (Lipinski definition) is 1. The van der Waals surface area contributed by atoms with Crippen molar-refractivity contribution in [1.82, 2.24) is 5.32 Å². The second kappa shape index (κ2) is 6.84. The SMILES string of the molecule is C[C@@H](NC(=O)c1cccc(N2CCCS2(=O)=O)c1)c1ccc(F)cc1. The van der Waals surface area contributed by atoms with Crippen molar-refractivity contribution < 1.29 is 17.6 Å². The van der Waals surface area contributed by atoms with E-state index in [1.54, 1.807) is 43.3 Å². The van der Waals surface area contributed by atoms with Gasteiger partial charge in [-0.05, 0) is 49.2 Å². The zero-order valence-electron chi connectivity index (χ0n) is 13.8. The second-order valence-electron chi connectivity index (χ2n) is 6.04. The molecule has 0 radical (unpaired) electrons. The molecule has 1 fully saturated rings. The molecule has 7 heteroatoms. The maximum absolute atomic E-state index is 13.0. The van der Waals surface area contributed by atoms with Gasteiger partial charge in [0.25, 0.3) is 5.91 Å². The van der Waals surface area contributed by atoms with Crippen molar-refractivity contribution in [1.29, 1.82) is 0 Å². The Labute approximate surface area is 146 Å². The molecule has 1 amide bonds. The first-order chi connectivity index (χ1) is 11.9. The maximum atomic E-state index is 13.0. The maximum Gasteiger partial charge on any atom is 0.251 e. The predicted molar refractivity (Wildman–Crippen MR) is 94.5 cm³/mol. The number of carbonyl (C=O) groups is 1. The summed E-state index contributed by atoms with van der Waals surface area (Å²) in [4.78, 5) is 12.5. The minimum absolute atomic E-state index is 0.130. The predicted octanol–water partition coefficient (Wildman–Crippen LogP) is 2.86. The van der Waals surface area contributed by atoms with Crippen LogP contribution in [0.4, 0.5) is 10.1 Å². The van der Waals surface area contributed by atoms with Crippen LogP contribution in [0, 0.1) is 5.82 Å². The van der Waals surface area contributed by atoms with Crippen molar-refractivity contribution in [2.24, 2.45) is 0 Å². The molecule has 3 rings (SSSR count). The molecule has 25 heavy (non-hydrogen) atoms. The van der Waals surface area contributed by atoms with Gasteiger partial charge in [0.15, 0.2) is 0 Å². The Morgan fingerprint density at radius 1 is 1.20 bits per heavy atom.